The second kappa shape index (κ2) is 10.1. The average Bonchev–Trinajstić information content (AvgIpc) is 2.68. The molecule has 0 unspecified atom stereocenters. The fraction of sp³-hybridized carbons (Fsp3) is 0.286. The van der Waals surface area contributed by atoms with Gasteiger partial charge in [-0.1, -0.05) is 18.2 Å². The van der Waals surface area contributed by atoms with Gasteiger partial charge >= 0.3 is 17.9 Å². The molecule has 0 atom stereocenters. The van der Waals surface area contributed by atoms with E-state index < -0.39 is 17.9 Å². The summed E-state index contributed by atoms with van der Waals surface area (Å²) < 4.78 is 20.5. The Balaban J connectivity index is 2.26. The van der Waals surface area contributed by atoms with Crippen molar-refractivity contribution in [3.8, 4) is 11.5 Å². The number of benzene rings is 2. The van der Waals surface area contributed by atoms with Gasteiger partial charge in [-0.25, -0.2) is 9.59 Å². The van der Waals surface area contributed by atoms with E-state index in [1.54, 1.807) is 38.1 Å². The molecule has 0 aliphatic heterocycles. The first-order valence-corrected chi connectivity index (χ1v) is 8.80. The molecule has 2 aromatic carbocycles. The van der Waals surface area contributed by atoms with Crippen molar-refractivity contribution < 1.29 is 33.3 Å². The molecule has 148 valence electrons. The van der Waals surface area contributed by atoms with Crippen molar-refractivity contribution in [2.24, 2.45) is 0 Å². The molecule has 2 aromatic rings. The zero-order chi connectivity index (χ0) is 20.5. The van der Waals surface area contributed by atoms with E-state index in [4.69, 9.17) is 18.9 Å². The number of hydrogen-bond donors (Lipinski definition) is 0. The highest BCUT2D eigenvalue weighted by atomic mass is 16.5. The molecule has 0 bridgehead atoms. The first-order chi connectivity index (χ1) is 13.5. The van der Waals surface area contributed by atoms with Gasteiger partial charge in [0.2, 0.25) is 0 Å². The van der Waals surface area contributed by atoms with E-state index in [-0.39, 0.29) is 36.5 Å². The molecule has 0 fully saturated rings. The molecule has 2 rings (SSSR count). The zero-order valence-electron chi connectivity index (χ0n) is 16.0. The molecule has 7 nitrogen and oxygen atoms in total. The Morgan fingerprint density at radius 2 is 1.43 bits per heavy atom. The summed E-state index contributed by atoms with van der Waals surface area (Å²) >= 11 is 0. The molecule has 0 aromatic heterocycles. The number of hydrogen-bond acceptors (Lipinski definition) is 7. The molecule has 28 heavy (non-hydrogen) atoms. The van der Waals surface area contributed by atoms with Crippen molar-refractivity contribution in [3.05, 3.63) is 59.2 Å². The fourth-order valence-electron chi connectivity index (χ4n) is 2.49. The van der Waals surface area contributed by atoms with E-state index >= 15 is 0 Å². The monoisotopic (exact) mass is 386 g/mol. The minimum Gasteiger partial charge on any atom is -0.496 e. The molecule has 0 saturated carbocycles. The lowest BCUT2D eigenvalue weighted by Gasteiger charge is -2.11. The van der Waals surface area contributed by atoms with Crippen LogP contribution in [0.4, 0.5) is 0 Å². The highest BCUT2D eigenvalue weighted by molar-refractivity contribution is 5.96. The van der Waals surface area contributed by atoms with Crippen LogP contribution in [0.15, 0.2) is 42.5 Å². The molecular weight excluding hydrogens is 364 g/mol. The van der Waals surface area contributed by atoms with E-state index in [2.05, 4.69) is 0 Å². The maximum absolute atomic E-state index is 12.4. The Kier molecular flexibility index (Phi) is 7.56. The number of rotatable bonds is 8. The van der Waals surface area contributed by atoms with Crippen molar-refractivity contribution >= 4 is 17.9 Å². The van der Waals surface area contributed by atoms with Crippen molar-refractivity contribution in [2.45, 2.75) is 20.3 Å². The summed E-state index contributed by atoms with van der Waals surface area (Å²) in [7, 11) is 1.51. The van der Waals surface area contributed by atoms with Crippen molar-refractivity contribution in [1.82, 2.24) is 0 Å². The van der Waals surface area contributed by atoms with Crippen LogP contribution in [0.2, 0.25) is 0 Å². The number of esters is 3. The second-order valence-corrected chi connectivity index (χ2v) is 5.65. The topological polar surface area (TPSA) is 88.1 Å². The SMILES string of the molecule is CCOC(=O)c1cc(OC(=O)Cc2ccccc2OC)cc(C(=O)OCC)c1. The van der Waals surface area contributed by atoms with Gasteiger partial charge in [-0.15, -0.1) is 0 Å². The van der Waals surface area contributed by atoms with Crippen LogP contribution in [-0.4, -0.2) is 38.2 Å². The third kappa shape index (κ3) is 5.57. The van der Waals surface area contributed by atoms with Gasteiger partial charge in [0.25, 0.3) is 0 Å². The molecule has 7 heteroatoms. The van der Waals surface area contributed by atoms with Gasteiger partial charge in [-0.2, -0.15) is 0 Å². The first kappa shape index (κ1) is 21.0. The van der Waals surface area contributed by atoms with Gasteiger partial charge in [0.05, 0.1) is 37.9 Å². The predicted octanol–water partition coefficient (Wildman–Crippen LogP) is 3.20. The Bertz CT molecular complexity index is 821. The summed E-state index contributed by atoms with van der Waals surface area (Å²) in [6.07, 6.45) is -0.0393. The van der Waals surface area contributed by atoms with Crippen LogP contribution in [-0.2, 0) is 20.7 Å². The second-order valence-electron chi connectivity index (χ2n) is 5.65. The molecule has 0 radical (unpaired) electrons. The van der Waals surface area contributed by atoms with E-state index in [0.29, 0.717) is 11.3 Å². The first-order valence-electron chi connectivity index (χ1n) is 8.80. The molecule has 0 saturated heterocycles. The lowest BCUT2D eigenvalue weighted by atomic mass is 10.1. The molecule has 0 heterocycles. The largest absolute Gasteiger partial charge is 0.496 e. The Morgan fingerprint density at radius 1 is 0.857 bits per heavy atom. The fourth-order valence-corrected chi connectivity index (χ4v) is 2.49. The van der Waals surface area contributed by atoms with E-state index in [1.807, 2.05) is 0 Å². The number of ether oxygens (including phenoxy) is 4. The van der Waals surface area contributed by atoms with Gasteiger partial charge in [0.15, 0.2) is 0 Å². The van der Waals surface area contributed by atoms with Gasteiger partial charge in [0, 0.05) is 5.56 Å². The summed E-state index contributed by atoms with van der Waals surface area (Å²) in [4.78, 5) is 36.5. The normalized spacial score (nSPS) is 10.1. The molecule has 0 aliphatic carbocycles. The summed E-state index contributed by atoms with van der Waals surface area (Å²) in [6.45, 7) is 3.68. The standard InChI is InChI=1S/C21H22O7/c1-4-26-20(23)15-10-16(21(24)27-5-2)12-17(11-15)28-19(22)13-14-8-6-7-9-18(14)25-3/h6-12H,4-5,13H2,1-3H3. The van der Waals surface area contributed by atoms with Crippen LogP contribution < -0.4 is 9.47 Å². The maximum atomic E-state index is 12.4. The molecule has 0 N–H and O–H groups in total. The minimum absolute atomic E-state index is 0.0393. The third-order valence-corrected chi connectivity index (χ3v) is 3.69. The molecule has 0 amide bonds. The van der Waals surface area contributed by atoms with E-state index in [9.17, 15) is 14.4 Å². The number of carbonyl (C=O) groups is 3. The van der Waals surface area contributed by atoms with Crippen LogP contribution in [0, 0.1) is 0 Å². The molecule has 0 aliphatic rings. The zero-order valence-corrected chi connectivity index (χ0v) is 16.0. The Morgan fingerprint density at radius 3 is 1.96 bits per heavy atom. The summed E-state index contributed by atoms with van der Waals surface area (Å²) in [5.41, 5.74) is 0.835. The quantitative estimate of drug-likeness (QED) is 0.508. The molecule has 0 spiro atoms. The summed E-state index contributed by atoms with van der Waals surface area (Å²) in [5, 5.41) is 0. The van der Waals surface area contributed by atoms with E-state index in [0.717, 1.165) is 0 Å². The van der Waals surface area contributed by atoms with Gasteiger partial charge in [0.1, 0.15) is 11.5 Å². The lowest BCUT2D eigenvalue weighted by Crippen LogP contribution is -2.14. The Hall–Kier alpha value is -3.35. The van der Waals surface area contributed by atoms with E-state index in [1.165, 1.54) is 25.3 Å². The highest BCUT2D eigenvalue weighted by Crippen LogP contribution is 2.22. The van der Waals surface area contributed by atoms with Gasteiger partial charge in [-0.3, -0.25) is 4.79 Å². The number of methoxy groups -OCH3 is 1. The minimum atomic E-state index is -0.629. The number of carbonyl (C=O) groups excluding carboxylic acids is 3. The summed E-state index contributed by atoms with van der Waals surface area (Å²) in [5.74, 6) is -1.22. The van der Waals surface area contributed by atoms with Crippen LogP contribution in [0.5, 0.6) is 11.5 Å². The van der Waals surface area contributed by atoms with Crippen LogP contribution in [0.25, 0.3) is 0 Å². The van der Waals surface area contributed by atoms with Crippen LogP contribution in [0.3, 0.4) is 0 Å². The average molecular weight is 386 g/mol. The lowest BCUT2D eigenvalue weighted by molar-refractivity contribution is -0.133. The number of para-hydroxylation sites is 1. The van der Waals surface area contributed by atoms with Crippen molar-refractivity contribution in [2.75, 3.05) is 20.3 Å². The maximum Gasteiger partial charge on any atom is 0.338 e. The van der Waals surface area contributed by atoms with Gasteiger partial charge in [-0.05, 0) is 38.1 Å². The van der Waals surface area contributed by atoms with Crippen LogP contribution in [0.1, 0.15) is 40.1 Å². The summed E-state index contributed by atoms with van der Waals surface area (Å²) in [6, 6.07) is 11.1. The Labute approximate surface area is 163 Å². The third-order valence-electron chi connectivity index (χ3n) is 3.69. The van der Waals surface area contributed by atoms with Crippen LogP contribution >= 0.6 is 0 Å². The van der Waals surface area contributed by atoms with Crippen molar-refractivity contribution in [3.63, 3.8) is 0 Å². The predicted molar refractivity (Wildman–Crippen MR) is 101 cm³/mol. The highest BCUT2D eigenvalue weighted by Gasteiger charge is 2.17. The smallest absolute Gasteiger partial charge is 0.338 e. The molecular formula is C21H22O7. The van der Waals surface area contributed by atoms with Crippen molar-refractivity contribution in [1.29, 1.82) is 0 Å². The van der Waals surface area contributed by atoms with Gasteiger partial charge < -0.3 is 18.9 Å².